The molecule has 4 nitrogen and oxygen atoms in total. The van der Waals surface area contributed by atoms with E-state index in [-0.39, 0.29) is 12.2 Å². The fourth-order valence-electron chi connectivity index (χ4n) is 4.76. The molecule has 0 spiro atoms. The molecule has 2 bridgehead atoms. The zero-order valence-corrected chi connectivity index (χ0v) is 14.9. The van der Waals surface area contributed by atoms with Gasteiger partial charge in [0.05, 0.1) is 13.2 Å². The second-order valence-electron chi connectivity index (χ2n) is 7.74. The van der Waals surface area contributed by atoms with Crippen molar-refractivity contribution in [3.8, 4) is 0 Å². The molecule has 0 saturated carbocycles. The van der Waals surface area contributed by atoms with E-state index in [4.69, 9.17) is 9.47 Å². The molecule has 3 fully saturated rings. The molecule has 3 aliphatic rings. The topological polar surface area (TPSA) is 38.8 Å². The average Bonchev–Trinajstić information content (AvgIpc) is 2.89. The van der Waals surface area contributed by atoms with Crippen molar-refractivity contribution < 1.29 is 14.3 Å². The number of piperidine rings is 1. The van der Waals surface area contributed by atoms with Gasteiger partial charge in [-0.3, -0.25) is 9.69 Å². The first kappa shape index (κ1) is 17.2. The van der Waals surface area contributed by atoms with E-state index in [0.717, 1.165) is 45.4 Å². The Morgan fingerprint density at radius 1 is 1.04 bits per heavy atom. The highest BCUT2D eigenvalue weighted by Crippen LogP contribution is 2.40. The summed E-state index contributed by atoms with van der Waals surface area (Å²) in [5.74, 6) is 0.669. The SMILES string of the molecule is O=C(CCC1OCCCO1)C1CC2CCC(C1)N2Cc1ccccc1. The molecule has 0 radical (unpaired) electrons. The van der Waals surface area contributed by atoms with E-state index in [1.54, 1.807) is 0 Å². The Morgan fingerprint density at radius 3 is 2.40 bits per heavy atom. The van der Waals surface area contributed by atoms with Gasteiger partial charge in [0.1, 0.15) is 5.78 Å². The molecule has 3 aliphatic heterocycles. The van der Waals surface area contributed by atoms with Gasteiger partial charge in [-0.05, 0) is 37.7 Å². The molecule has 4 heteroatoms. The van der Waals surface area contributed by atoms with Crippen LogP contribution in [0.15, 0.2) is 30.3 Å². The number of Topliss-reactive ketones (excluding diaryl/α,β-unsaturated/α-hetero) is 1. The fraction of sp³-hybridized carbons (Fsp3) is 0.667. The van der Waals surface area contributed by atoms with Crippen molar-refractivity contribution >= 4 is 5.78 Å². The lowest BCUT2D eigenvalue weighted by Crippen LogP contribution is -2.44. The van der Waals surface area contributed by atoms with Gasteiger partial charge in [0.25, 0.3) is 0 Å². The Morgan fingerprint density at radius 2 is 1.72 bits per heavy atom. The quantitative estimate of drug-likeness (QED) is 0.792. The van der Waals surface area contributed by atoms with E-state index in [2.05, 4.69) is 35.2 Å². The number of benzene rings is 1. The molecule has 25 heavy (non-hydrogen) atoms. The van der Waals surface area contributed by atoms with Crippen LogP contribution in [0.4, 0.5) is 0 Å². The lowest BCUT2D eigenvalue weighted by atomic mass is 9.85. The zero-order chi connectivity index (χ0) is 17.1. The van der Waals surface area contributed by atoms with E-state index >= 15 is 0 Å². The number of carbonyl (C=O) groups is 1. The fourth-order valence-corrected chi connectivity index (χ4v) is 4.76. The van der Waals surface area contributed by atoms with Gasteiger partial charge in [-0.1, -0.05) is 30.3 Å². The molecule has 0 aliphatic carbocycles. The molecule has 0 amide bonds. The van der Waals surface area contributed by atoms with Crippen LogP contribution in [0, 0.1) is 5.92 Å². The van der Waals surface area contributed by atoms with Gasteiger partial charge >= 0.3 is 0 Å². The molecule has 0 aromatic heterocycles. The number of carbonyl (C=O) groups excluding carboxylic acids is 1. The summed E-state index contributed by atoms with van der Waals surface area (Å²) in [6.45, 7) is 2.56. The molecule has 1 aromatic carbocycles. The highest BCUT2D eigenvalue weighted by molar-refractivity contribution is 5.81. The van der Waals surface area contributed by atoms with Gasteiger partial charge in [-0.25, -0.2) is 0 Å². The van der Waals surface area contributed by atoms with E-state index in [1.165, 1.54) is 18.4 Å². The van der Waals surface area contributed by atoms with E-state index < -0.39 is 0 Å². The van der Waals surface area contributed by atoms with Crippen LogP contribution in [-0.4, -0.2) is 42.3 Å². The van der Waals surface area contributed by atoms with Crippen LogP contribution in [-0.2, 0) is 20.8 Å². The molecule has 3 saturated heterocycles. The molecule has 2 atom stereocenters. The number of nitrogens with zero attached hydrogens (tertiary/aromatic N) is 1. The van der Waals surface area contributed by atoms with E-state index in [0.29, 0.717) is 24.3 Å². The third-order valence-corrected chi connectivity index (χ3v) is 6.07. The molecule has 3 heterocycles. The summed E-state index contributed by atoms with van der Waals surface area (Å²) >= 11 is 0. The largest absolute Gasteiger partial charge is 0.353 e. The highest BCUT2D eigenvalue weighted by atomic mass is 16.7. The number of hydrogen-bond acceptors (Lipinski definition) is 4. The summed E-state index contributed by atoms with van der Waals surface area (Å²) in [6, 6.07) is 11.9. The summed E-state index contributed by atoms with van der Waals surface area (Å²) < 4.78 is 11.1. The Hall–Kier alpha value is -1.23. The monoisotopic (exact) mass is 343 g/mol. The summed E-state index contributed by atoms with van der Waals surface area (Å²) in [7, 11) is 0. The van der Waals surface area contributed by atoms with Gasteiger partial charge in [0.2, 0.25) is 0 Å². The predicted octanol–water partition coefficient (Wildman–Crippen LogP) is 3.54. The summed E-state index contributed by atoms with van der Waals surface area (Å²) in [4.78, 5) is 15.3. The van der Waals surface area contributed by atoms with Gasteiger partial charge < -0.3 is 9.47 Å². The van der Waals surface area contributed by atoms with Crippen molar-refractivity contribution in [2.75, 3.05) is 13.2 Å². The number of ketones is 1. The maximum absolute atomic E-state index is 12.7. The maximum atomic E-state index is 12.7. The first-order valence-corrected chi connectivity index (χ1v) is 9.85. The first-order chi connectivity index (χ1) is 12.3. The Balaban J connectivity index is 1.29. The Kier molecular flexibility index (Phi) is 5.49. The molecule has 4 rings (SSSR count). The van der Waals surface area contributed by atoms with Crippen molar-refractivity contribution in [1.82, 2.24) is 4.90 Å². The predicted molar refractivity (Wildman–Crippen MR) is 96.1 cm³/mol. The van der Waals surface area contributed by atoms with Gasteiger partial charge in [-0.2, -0.15) is 0 Å². The van der Waals surface area contributed by atoms with Crippen molar-refractivity contribution in [3.63, 3.8) is 0 Å². The minimum absolute atomic E-state index is 0.160. The van der Waals surface area contributed by atoms with Crippen LogP contribution in [0.1, 0.15) is 50.5 Å². The second-order valence-corrected chi connectivity index (χ2v) is 7.74. The molecular formula is C21H29NO3. The number of rotatable bonds is 6. The van der Waals surface area contributed by atoms with E-state index in [1.807, 2.05) is 0 Å². The summed E-state index contributed by atoms with van der Waals surface area (Å²) in [6.07, 6.45) is 6.70. The van der Waals surface area contributed by atoms with Crippen molar-refractivity contribution in [2.24, 2.45) is 5.92 Å². The minimum Gasteiger partial charge on any atom is -0.353 e. The van der Waals surface area contributed by atoms with E-state index in [9.17, 15) is 4.79 Å². The van der Waals surface area contributed by atoms with Crippen LogP contribution in [0.5, 0.6) is 0 Å². The van der Waals surface area contributed by atoms with Crippen LogP contribution < -0.4 is 0 Å². The van der Waals surface area contributed by atoms with Crippen molar-refractivity contribution in [1.29, 1.82) is 0 Å². The van der Waals surface area contributed by atoms with Crippen LogP contribution in [0.2, 0.25) is 0 Å². The lowest BCUT2D eigenvalue weighted by molar-refractivity contribution is -0.182. The van der Waals surface area contributed by atoms with Crippen LogP contribution in [0.25, 0.3) is 0 Å². The minimum atomic E-state index is -0.160. The van der Waals surface area contributed by atoms with Gasteiger partial charge in [0.15, 0.2) is 6.29 Å². The molecule has 136 valence electrons. The molecular weight excluding hydrogens is 314 g/mol. The third kappa shape index (κ3) is 4.13. The average molecular weight is 343 g/mol. The zero-order valence-electron chi connectivity index (χ0n) is 14.9. The Labute approximate surface area is 150 Å². The summed E-state index contributed by atoms with van der Waals surface area (Å²) in [5, 5.41) is 0. The number of fused-ring (bicyclic) bond motifs is 2. The smallest absolute Gasteiger partial charge is 0.157 e. The lowest BCUT2D eigenvalue weighted by Gasteiger charge is -2.38. The van der Waals surface area contributed by atoms with Crippen LogP contribution >= 0.6 is 0 Å². The molecule has 0 N–H and O–H groups in total. The van der Waals surface area contributed by atoms with Gasteiger partial charge in [-0.15, -0.1) is 0 Å². The normalized spacial score (nSPS) is 30.5. The number of ether oxygens (including phenoxy) is 2. The molecule has 2 unspecified atom stereocenters. The number of hydrogen-bond donors (Lipinski definition) is 0. The standard InChI is InChI=1S/C21H29NO3/c23-20(9-10-21-24-11-4-12-25-21)17-13-18-7-8-19(14-17)22(18)15-16-5-2-1-3-6-16/h1-3,5-6,17-19,21H,4,7-15H2. The van der Waals surface area contributed by atoms with Gasteiger partial charge in [0, 0.05) is 37.4 Å². The van der Waals surface area contributed by atoms with Crippen molar-refractivity contribution in [3.05, 3.63) is 35.9 Å². The Bertz CT molecular complexity index is 556. The van der Waals surface area contributed by atoms with Crippen molar-refractivity contribution in [2.45, 2.75) is 69.9 Å². The second kappa shape index (κ2) is 7.98. The third-order valence-electron chi connectivity index (χ3n) is 6.07. The first-order valence-electron chi connectivity index (χ1n) is 9.85. The summed E-state index contributed by atoms with van der Waals surface area (Å²) in [5.41, 5.74) is 1.38. The highest BCUT2D eigenvalue weighted by Gasteiger charge is 2.42. The molecule has 1 aromatic rings. The maximum Gasteiger partial charge on any atom is 0.157 e. The van der Waals surface area contributed by atoms with Crippen LogP contribution in [0.3, 0.4) is 0 Å².